The maximum absolute atomic E-state index is 2.44. The predicted octanol–water partition coefficient (Wildman–Crippen LogP) is -0.433. The first-order chi connectivity index (χ1) is 5.76. The van der Waals surface area contributed by atoms with Crippen molar-refractivity contribution in [2.24, 2.45) is 0 Å². The van der Waals surface area contributed by atoms with E-state index in [1.165, 1.54) is 12.8 Å². The fourth-order valence-electron chi connectivity index (χ4n) is 1.95. The van der Waals surface area contributed by atoms with Crippen LogP contribution in [0.5, 0.6) is 0 Å². The molecule has 1 heteroatoms. The molecule has 1 aromatic carbocycles. The van der Waals surface area contributed by atoms with E-state index in [0.29, 0.717) is 24.6 Å². The molecule has 1 aliphatic rings. The van der Waals surface area contributed by atoms with Gasteiger partial charge in [0.25, 0.3) is 0 Å². The van der Waals surface area contributed by atoms with E-state index in [0.717, 1.165) is 0 Å². The second kappa shape index (κ2) is 3.02. The van der Waals surface area contributed by atoms with Crippen LogP contribution >= 0.6 is 0 Å². The summed E-state index contributed by atoms with van der Waals surface area (Å²) in [4.78, 5) is 2.40. The van der Waals surface area contributed by atoms with E-state index in [4.69, 9.17) is 0 Å². The van der Waals surface area contributed by atoms with Gasteiger partial charge in [0, 0.05) is 0 Å². The van der Waals surface area contributed by atoms with Gasteiger partial charge in [-0.2, -0.15) is 0 Å². The van der Waals surface area contributed by atoms with Crippen LogP contribution in [0.15, 0.2) is 24.3 Å². The van der Waals surface area contributed by atoms with Gasteiger partial charge in [0.05, 0.1) is 0 Å². The number of benzene rings is 1. The molecule has 12 heavy (non-hydrogen) atoms. The molecule has 1 unspecified atom stereocenters. The molecule has 0 fully saturated rings. The van der Waals surface area contributed by atoms with Crippen molar-refractivity contribution in [3.63, 3.8) is 0 Å². The number of halogens is 1. The molecule has 0 N–H and O–H groups in total. The second-order valence-electron chi connectivity index (χ2n) is 3.54. The zero-order valence-electron chi connectivity index (χ0n) is 7.60. The molecule has 0 amide bonds. The summed E-state index contributed by atoms with van der Waals surface area (Å²) in [6.07, 6.45) is 2.69. The molecule has 0 aliphatic heterocycles. The summed E-state index contributed by atoms with van der Waals surface area (Å²) < 4.78 is 0.579. The molecule has 2 rings (SSSR count). The first-order valence-corrected chi connectivity index (χ1v) is 7.59. The van der Waals surface area contributed by atoms with Crippen molar-refractivity contribution in [1.29, 1.82) is 0 Å². The van der Waals surface area contributed by atoms with Crippen LogP contribution in [-0.4, -0.2) is 4.93 Å². The first kappa shape index (κ1) is 8.54. The Morgan fingerprint density at radius 2 is 2.08 bits per heavy atom. The van der Waals surface area contributed by atoms with Gasteiger partial charge in [0.1, 0.15) is 0 Å². The molecule has 1 aromatic rings. The zero-order valence-corrected chi connectivity index (χ0v) is 9.76. The molecule has 0 saturated heterocycles. The Bertz CT molecular complexity index is 293. The normalized spacial score (nSPS) is 27.5. The van der Waals surface area contributed by atoms with Crippen LogP contribution in [0.1, 0.15) is 24.5 Å². The molecule has 0 spiro atoms. The summed E-state index contributed by atoms with van der Waals surface area (Å²) in [6.45, 7) is 2.44. The van der Waals surface area contributed by atoms with Gasteiger partial charge in [-0.05, 0) is 0 Å². The zero-order chi connectivity index (χ0) is 8.60. The summed E-state index contributed by atoms with van der Waals surface area (Å²) in [5.41, 5.74) is 3.24. The number of hydrogen-bond acceptors (Lipinski definition) is 0. The van der Waals surface area contributed by atoms with Crippen LogP contribution in [0.25, 0.3) is 0 Å². The maximum atomic E-state index is 2.44. The summed E-state index contributed by atoms with van der Waals surface area (Å²) >= 11 is 0.331. The second-order valence-corrected chi connectivity index (χ2v) is 7.00. The molecule has 0 radical (unpaired) electrons. The predicted molar refractivity (Wildman–Crippen MR) is 48.0 cm³/mol. The Morgan fingerprint density at radius 3 is 2.83 bits per heavy atom. The van der Waals surface area contributed by atoms with Crippen molar-refractivity contribution in [3.05, 3.63) is 35.4 Å². The molecule has 1 atom stereocenters. The van der Waals surface area contributed by atoms with E-state index in [-0.39, 0.29) is 0 Å². The Balaban J connectivity index is 2.49. The van der Waals surface area contributed by atoms with Crippen molar-refractivity contribution >= 4 is 0 Å². The third kappa shape index (κ3) is 1.18. The Morgan fingerprint density at radius 1 is 1.33 bits per heavy atom. The number of fused-ring (bicyclic) bond motifs is 1. The standard InChI is InChI=1S/C11H14I/c1-11(12-2)8-7-9-5-3-4-6-10(9)11/h3-6H,7-8H2,1-2H3/q-1. The molecule has 0 saturated carbocycles. The number of hydrogen-bond donors (Lipinski definition) is 0. The molecule has 1 aliphatic carbocycles. The van der Waals surface area contributed by atoms with Crippen molar-refractivity contribution < 1.29 is 21.2 Å². The van der Waals surface area contributed by atoms with Gasteiger partial charge in [0.2, 0.25) is 0 Å². The molecule has 0 nitrogen and oxygen atoms in total. The third-order valence-electron chi connectivity index (χ3n) is 2.86. The fraction of sp³-hybridized carbons (Fsp3) is 0.455. The molecular weight excluding hydrogens is 259 g/mol. The van der Waals surface area contributed by atoms with E-state index in [2.05, 4.69) is 36.1 Å². The fourth-order valence-corrected chi connectivity index (χ4v) is 3.86. The average Bonchev–Trinajstić information content (AvgIpc) is 2.46. The van der Waals surface area contributed by atoms with Crippen molar-refractivity contribution in [2.75, 3.05) is 4.93 Å². The van der Waals surface area contributed by atoms with Gasteiger partial charge in [-0.15, -0.1) is 0 Å². The van der Waals surface area contributed by atoms with Gasteiger partial charge in [0.15, 0.2) is 0 Å². The minimum absolute atomic E-state index is 0.331. The SMILES string of the molecule is C[I-]C1(C)CCc2ccccc21. The van der Waals surface area contributed by atoms with Gasteiger partial charge < -0.3 is 0 Å². The Hall–Kier alpha value is -0.0500. The van der Waals surface area contributed by atoms with Crippen LogP contribution in [0.2, 0.25) is 0 Å². The van der Waals surface area contributed by atoms with Crippen LogP contribution in [0, 0.1) is 0 Å². The third-order valence-corrected chi connectivity index (χ3v) is 6.36. The molecule has 66 valence electrons. The van der Waals surface area contributed by atoms with E-state index in [1.54, 1.807) is 11.1 Å². The Labute approximate surface area is 84.6 Å². The summed E-state index contributed by atoms with van der Waals surface area (Å²) in [5, 5.41) is 0. The van der Waals surface area contributed by atoms with Gasteiger partial charge >= 0.3 is 84.7 Å². The summed E-state index contributed by atoms with van der Waals surface area (Å²) in [6, 6.07) is 8.96. The summed E-state index contributed by atoms with van der Waals surface area (Å²) in [7, 11) is 0. The van der Waals surface area contributed by atoms with Crippen LogP contribution < -0.4 is 21.2 Å². The first-order valence-electron chi connectivity index (χ1n) is 4.35. The molecular formula is C11H14I-. The van der Waals surface area contributed by atoms with Gasteiger partial charge in [-0.3, -0.25) is 0 Å². The van der Waals surface area contributed by atoms with Crippen LogP contribution in [0.3, 0.4) is 0 Å². The Kier molecular flexibility index (Phi) is 2.15. The minimum atomic E-state index is 0.331. The van der Waals surface area contributed by atoms with Gasteiger partial charge in [-0.1, -0.05) is 0 Å². The van der Waals surface area contributed by atoms with Crippen molar-refractivity contribution in [2.45, 2.75) is 23.2 Å². The number of alkyl halides is 2. The number of aryl methyl sites for hydroxylation is 1. The van der Waals surface area contributed by atoms with E-state index < -0.39 is 0 Å². The van der Waals surface area contributed by atoms with E-state index in [9.17, 15) is 0 Å². The average molecular weight is 273 g/mol. The van der Waals surface area contributed by atoms with Crippen LogP contribution in [-0.2, 0) is 9.84 Å². The monoisotopic (exact) mass is 273 g/mol. The van der Waals surface area contributed by atoms with E-state index in [1.807, 2.05) is 0 Å². The van der Waals surface area contributed by atoms with E-state index >= 15 is 0 Å². The number of rotatable bonds is 1. The molecule has 0 bridgehead atoms. The van der Waals surface area contributed by atoms with Crippen molar-refractivity contribution in [1.82, 2.24) is 0 Å². The van der Waals surface area contributed by atoms with Crippen LogP contribution in [0.4, 0.5) is 0 Å². The van der Waals surface area contributed by atoms with Crippen molar-refractivity contribution in [3.8, 4) is 0 Å². The van der Waals surface area contributed by atoms with Gasteiger partial charge in [-0.25, -0.2) is 0 Å². The quantitative estimate of drug-likeness (QED) is 0.481. The molecule has 0 heterocycles. The summed E-state index contributed by atoms with van der Waals surface area (Å²) in [5.74, 6) is 0. The molecule has 0 aromatic heterocycles. The topological polar surface area (TPSA) is 0 Å².